The molecule has 2 nitrogen and oxygen atoms in total. The first kappa shape index (κ1) is 12.3. The number of aromatic hydroxyl groups is 2. The molecule has 2 N–H and O–H groups in total. The molecule has 0 heterocycles. The maximum atomic E-state index is 9.78. The van der Waals surface area contributed by atoms with Crippen molar-refractivity contribution in [3.8, 4) is 11.5 Å². The molecular formula is C15H22O2. The van der Waals surface area contributed by atoms with Crippen LogP contribution in [0.15, 0.2) is 12.1 Å². The smallest absolute Gasteiger partial charge is 0.122 e. The number of hydrogen-bond donors (Lipinski definition) is 2. The van der Waals surface area contributed by atoms with Crippen LogP contribution in [0.4, 0.5) is 0 Å². The average molecular weight is 234 g/mol. The van der Waals surface area contributed by atoms with E-state index in [4.69, 9.17) is 0 Å². The molecular weight excluding hydrogens is 212 g/mol. The van der Waals surface area contributed by atoms with Crippen LogP contribution in [0.25, 0.3) is 0 Å². The molecule has 1 atom stereocenters. The fourth-order valence-electron chi connectivity index (χ4n) is 2.86. The van der Waals surface area contributed by atoms with E-state index >= 15 is 0 Å². The molecule has 2 rings (SSSR count). The van der Waals surface area contributed by atoms with Crippen molar-refractivity contribution >= 4 is 0 Å². The van der Waals surface area contributed by atoms with Crippen LogP contribution in [0.1, 0.15) is 50.2 Å². The molecule has 1 aliphatic rings. The van der Waals surface area contributed by atoms with Gasteiger partial charge in [0, 0.05) is 6.07 Å². The lowest BCUT2D eigenvalue weighted by Gasteiger charge is -2.25. The van der Waals surface area contributed by atoms with Gasteiger partial charge in [0.1, 0.15) is 11.5 Å². The molecule has 2 heteroatoms. The zero-order chi connectivity index (χ0) is 12.3. The van der Waals surface area contributed by atoms with Gasteiger partial charge in [-0.25, -0.2) is 0 Å². The summed E-state index contributed by atoms with van der Waals surface area (Å²) in [5.74, 6) is 1.19. The average Bonchev–Trinajstić information content (AvgIpc) is 2.28. The van der Waals surface area contributed by atoms with E-state index in [1.165, 1.54) is 38.2 Å². The van der Waals surface area contributed by atoms with Crippen LogP contribution in [-0.4, -0.2) is 10.2 Å². The van der Waals surface area contributed by atoms with Crippen molar-refractivity contribution in [2.24, 2.45) is 5.92 Å². The second kappa shape index (κ2) is 5.44. The SMILES string of the molecule is CCCCCC1CCc2c(O)cc(O)cc2C1. The quantitative estimate of drug-likeness (QED) is 0.778. The highest BCUT2D eigenvalue weighted by atomic mass is 16.3. The van der Waals surface area contributed by atoms with E-state index < -0.39 is 0 Å². The topological polar surface area (TPSA) is 40.5 Å². The van der Waals surface area contributed by atoms with Crippen LogP contribution in [0.5, 0.6) is 11.5 Å². The lowest BCUT2D eigenvalue weighted by molar-refractivity contribution is 0.390. The zero-order valence-electron chi connectivity index (χ0n) is 10.6. The minimum absolute atomic E-state index is 0.190. The summed E-state index contributed by atoms with van der Waals surface area (Å²) in [6.07, 6.45) is 8.32. The van der Waals surface area contributed by atoms with Gasteiger partial charge in [-0.1, -0.05) is 32.6 Å². The van der Waals surface area contributed by atoms with E-state index in [1.54, 1.807) is 0 Å². The van der Waals surface area contributed by atoms with Crippen molar-refractivity contribution < 1.29 is 10.2 Å². The monoisotopic (exact) mass is 234 g/mol. The second-order valence-electron chi connectivity index (χ2n) is 5.21. The summed E-state index contributed by atoms with van der Waals surface area (Å²) < 4.78 is 0. The van der Waals surface area contributed by atoms with E-state index in [-0.39, 0.29) is 11.5 Å². The zero-order valence-corrected chi connectivity index (χ0v) is 10.6. The Balaban J connectivity index is 2.03. The first-order chi connectivity index (χ1) is 8.20. The Bertz CT molecular complexity index is 385. The highest BCUT2D eigenvalue weighted by Crippen LogP contribution is 2.36. The predicted octanol–water partition coefficient (Wildman–Crippen LogP) is 3.78. The fourth-order valence-corrected chi connectivity index (χ4v) is 2.86. The summed E-state index contributed by atoms with van der Waals surface area (Å²) in [6.45, 7) is 2.23. The van der Waals surface area contributed by atoms with Crippen LogP contribution in [-0.2, 0) is 12.8 Å². The number of phenols is 2. The maximum absolute atomic E-state index is 9.78. The molecule has 0 spiro atoms. The molecule has 0 radical (unpaired) electrons. The Morgan fingerprint density at radius 3 is 2.82 bits per heavy atom. The largest absolute Gasteiger partial charge is 0.508 e. The minimum atomic E-state index is 0.190. The Kier molecular flexibility index (Phi) is 3.93. The van der Waals surface area contributed by atoms with Crippen molar-refractivity contribution in [2.75, 3.05) is 0 Å². The summed E-state index contributed by atoms with van der Waals surface area (Å²) in [4.78, 5) is 0. The molecule has 0 saturated carbocycles. The minimum Gasteiger partial charge on any atom is -0.508 e. The van der Waals surface area contributed by atoms with Crippen molar-refractivity contribution in [2.45, 2.75) is 51.9 Å². The Labute approximate surface area is 103 Å². The fraction of sp³-hybridized carbons (Fsp3) is 0.600. The van der Waals surface area contributed by atoms with E-state index in [2.05, 4.69) is 6.92 Å². The first-order valence-electron chi connectivity index (χ1n) is 6.74. The molecule has 94 valence electrons. The number of unbranched alkanes of at least 4 members (excludes halogenated alkanes) is 2. The third kappa shape index (κ3) is 2.93. The van der Waals surface area contributed by atoms with Gasteiger partial charge < -0.3 is 10.2 Å². The summed E-state index contributed by atoms with van der Waals surface area (Å²) in [6, 6.07) is 3.28. The number of hydrogen-bond acceptors (Lipinski definition) is 2. The Hall–Kier alpha value is -1.18. The second-order valence-corrected chi connectivity index (χ2v) is 5.21. The third-order valence-corrected chi connectivity index (χ3v) is 3.83. The molecule has 1 aromatic carbocycles. The third-order valence-electron chi connectivity index (χ3n) is 3.83. The number of phenolic OH excluding ortho intramolecular Hbond substituents is 2. The Morgan fingerprint density at radius 1 is 1.24 bits per heavy atom. The van der Waals surface area contributed by atoms with Crippen LogP contribution in [0, 0.1) is 5.92 Å². The van der Waals surface area contributed by atoms with E-state index in [0.717, 1.165) is 29.9 Å². The number of fused-ring (bicyclic) bond motifs is 1. The van der Waals surface area contributed by atoms with Gasteiger partial charge >= 0.3 is 0 Å². The van der Waals surface area contributed by atoms with Crippen LogP contribution < -0.4 is 0 Å². The van der Waals surface area contributed by atoms with E-state index in [9.17, 15) is 10.2 Å². The molecule has 1 unspecified atom stereocenters. The highest BCUT2D eigenvalue weighted by Gasteiger charge is 2.21. The van der Waals surface area contributed by atoms with Crippen molar-refractivity contribution in [1.82, 2.24) is 0 Å². The first-order valence-corrected chi connectivity index (χ1v) is 6.74. The van der Waals surface area contributed by atoms with Gasteiger partial charge in [-0.3, -0.25) is 0 Å². The van der Waals surface area contributed by atoms with Crippen molar-refractivity contribution in [1.29, 1.82) is 0 Å². The van der Waals surface area contributed by atoms with Crippen LogP contribution >= 0.6 is 0 Å². The van der Waals surface area contributed by atoms with E-state index in [0.29, 0.717) is 0 Å². The van der Waals surface area contributed by atoms with Gasteiger partial charge in [0.2, 0.25) is 0 Å². The van der Waals surface area contributed by atoms with Gasteiger partial charge in [0.25, 0.3) is 0 Å². The molecule has 0 aromatic heterocycles. The molecule has 0 fully saturated rings. The van der Waals surface area contributed by atoms with Gasteiger partial charge in [-0.2, -0.15) is 0 Å². The molecule has 0 aliphatic heterocycles. The van der Waals surface area contributed by atoms with Gasteiger partial charge in [-0.05, 0) is 42.4 Å². The van der Waals surface area contributed by atoms with Gasteiger partial charge in [-0.15, -0.1) is 0 Å². The molecule has 0 amide bonds. The molecule has 1 aliphatic carbocycles. The van der Waals surface area contributed by atoms with Crippen LogP contribution in [0.2, 0.25) is 0 Å². The maximum Gasteiger partial charge on any atom is 0.122 e. The summed E-state index contributed by atoms with van der Waals surface area (Å²) in [5, 5.41) is 19.3. The normalized spacial score (nSPS) is 19.0. The highest BCUT2D eigenvalue weighted by molar-refractivity contribution is 5.46. The van der Waals surface area contributed by atoms with Gasteiger partial charge in [0.05, 0.1) is 0 Å². The standard InChI is InChI=1S/C15H22O2/c1-2-3-4-5-11-6-7-14-12(8-11)9-13(16)10-15(14)17/h9-11,16-17H,2-8H2,1H3. The molecule has 17 heavy (non-hydrogen) atoms. The predicted molar refractivity (Wildman–Crippen MR) is 69.4 cm³/mol. The van der Waals surface area contributed by atoms with Crippen molar-refractivity contribution in [3.63, 3.8) is 0 Å². The Morgan fingerprint density at radius 2 is 2.06 bits per heavy atom. The van der Waals surface area contributed by atoms with Crippen LogP contribution in [0.3, 0.4) is 0 Å². The lowest BCUT2D eigenvalue weighted by Crippen LogP contribution is -2.14. The van der Waals surface area contributed by atoms with Crippen molar-refractivity contribution in [3.05, 3.63) is 23.3 Å². The summed E-state index contributed by atoms with van der Waals surface area (Å²) in [7, 11) is 0. The molecule has 1 aromatic rings. The van der Waals surface area contributed by atoms with E-state index in [1.807, 2.05) is 6.07 Å². The summed E-state index contributed by atoms with van der Waals surface area (Å²) >= 11 is 0. The molecule has 0 saturated heterocycles. The number of benzene rings is 1. The molecule has 0 bridgehead atoms. The lowest BCUT2D eigenvalue weighted by atomic mass is 9.81. The number of rotatable bonds is 4. The summed E-state index contributed by atoms with van der Waals surface area (Å²) in [5.41, 5.74) is 2.20. The van der Waals surface area contributed by atoms with Gasteiger partial charge in [0.15, 0.2) is 0 Å².